The van der Waals surface area contributed by atoms with E-state index in [9.17, 15) is 19.7 Å². The van der Waals surface area contributed by atoms with Crippen molar-refractivity contribution in [2.75, 3.05) is 29.2 Å². The van der Waals surface area contributed by atoms with E-state index < -0.39 is 16.7 Å². The molecule has 1 N–H and O–H groups in total. The Labute approximate surface area is 190 Å². The molecule has 33 heavy (non-hydrogen) atoms. The van der Waals surface area contributed by atoms with E-state index >= 15 is 0 Å². The summed E-state index contributed by atoms with van der Waals surface area (Å²) in [6, 6.07) is 20.1. The molecule has 1 heterocycles. The Morgan fingerprint density at radius 3 is 2.00 bits per heavy atom. The lowest BCUT2D eigenvalue weighted by molar-refractivity contribution is -0.384. The lowest BCUT2D eigenvalue weighted by atomic mass is 10.0. The topological polar surface area (TPSA) is 95.8 Å². The molecule has 1 aliphatic rings. The lowest BCUT2D eigenvalue weighted by Gasteiger charge is -2.16. The summed E-state index contributed by atoms with van der Waals surface area (Å²) in [5.74, 6) is -0.987. The standard InChI is InChI=1S/C25H22N4O4/c1-16-4-10-20(11-5-16)28-24(30)22(17-6-12-21(13-7-17)29(32)33)23(25(28)31)26-18-8-14-19(15-9-18)27(2)3/h4-15,26H,1-3H3. The molecule has 0 radical (unpaired) electrons. The average Bonchev–Trinajstić information content (AvgIpc) is 3.04. The van der Waals surface area contributed by atoms with Gasteiger partial charge in [0.05, 0.1) is 16.2 Å². The highest BCUT2D eigenvalue weighted by atomic mass is 16.6. The Morgan fingerprint density at radius 2 is 1.45 bits per heavy atom. The molecule has 0 unspecified atom stereocenters. The van der Waals surface area contributed by atoms with Crippen LogP contribution in [0.3, 0.4) is 0 Å². The number of hydrogen-bond donors (Lipinski definition) is 1. The zero-order valence-electron chi connectivity index (χ0n) is 18.4. The molecule has 0 atom stereocenters. The van der Waals surface area contributed by atoms with Crippen LogP contribution in [0, 0.1) is 17.0 Å². The highest BCUT2D eigenvalue weighted by Crippen LogP contribution is 2.34. The summed E-state index contributed by atoms with van der Waals surface area (Å²) in [6.45, 7) is 1.92. The van der Waals surface area contributed by atoms with Gasteiger partial charge in [-0.3, -0.25) is 19.7 Å². The third-order valence-electron chi connectivity index (χ3n) is 5.40. The first-order chi connectivity index (χ1) is 15.8. The summed E-state index contributed by atoms with van der Waals surface area (Å²) < 4.78 is 0. The molecule has 3 aromatic rings. The molecule has 4 rings (SSSR count). The van der Waals surface area contributed by atoms with Crippen molar-refractivity contribution < 1.29 is 14.5 Å². The van der Waals surface area contributed by atoms with E-state index in [0.29, 0.717) is 16.9 Å². The minimum absolute atomic E-state index is 0.0969. The van der Waals surface area contributed by atoms with E-state index in [0.717, 1.165) is 16.2 Å². The number of nitro groups is 1. The molecule has 0 fully saturated rings. The van der Waals surface area contributed by atoms with Crippen LogP contribution in [0.25, 0.3) is 5.57 Å². The van der Waals surface area contributed by atoms with E-state index in [1.807, 2.05) is 62.3 Å². The van der Waals surface area contributed by atoms with Crippen LogP contribution in [0.4, 0.5) is 22.7 Å². The van der Waals surface area contributed by atoms with Crippen LogP contribution >= 0.6 is 0 Å². The number of imide groups is 1. The predicted octanol–water partition coefficient (Wildman–Crippen LogP) is 4.37. The van der Waals surface area contributed by atoms with Crippen molar-refractivity contribution in [3.63, 3.8) is 0 Å². The molecule has 0 spiro atoms. The van der Waals surface area contributed by atoms with Crippen LogP contribution in [0.5, 0.6) is 0 Å². The SMILES string of the molecule is Cc1ccc(N2C(=O)C(Nc3ccc(N(C)C)cc3)=C(c3ccc([N+](=O)[O-])cc3)C2=O)cc1. The Balaban J connectivity index is 1.78. The number of carbonyl (C=O) groups excluding carboxylic acids is 2. The summed E-state index contributed by atoms with van der Waals surface area (Å²) >= 11 is 0. The van der Waals surface area contributed by atoms with Gasteiger partial charge in [-0.2, -0.15) is 0 Å². The van der Waals surface area contributed by atoms with Gasteiger partial charge in [0.25, 0.3) is 17.5 Å². The highest BCUT2D eigenvalue weighted by Gasteiger charge is 2.40. The maximum Gasteiger partial charge on any atom is 0.282 e. The smallest absolute Gasteiger partial charge is 0.282 e. The number of benzene rings is 3. The monoisotopic (exact) mass is 442 g/mol. The van der Waals surface area contributed by atoms with Crippen LogP contribution in [0.2, 0.25) is 0 Å². The summed E-state index contributed by atoms with van der Waals surface area (Å²) in [5.41, 5.74) is 3.68. The molecule has 0 aliphatic carbocycles. The Bertz CT molecular complexity index is 1260. The number of carbonyl (C=O) groups is 2. The fraction of sp³-hybridized carbons (Fsp3) is 0.120. The summed E-state index contributed by atoms with van der Waals surface area (Å²) in [7, 11) is 3.85. The van der Waals surface area contributed by atoms with Gasteiger partial charge in [-0.15, -0.1) is 0 Å². The van der Waals surface area contributed by atoms with Gasteiger partial charge < -0.3 is 10.2 Å². The first-order valence-corrected chi connectivity index (χ1v) is 10.2. The lowest BCUT2D eigenvalue weighted by Crippen LogP contribution is -2.32. The Hall–Kier alpha value is -4.46. The van der Waals surface area contributed by atoms with E-state index in [2.05, 4.69) is 5.32 Å². The third-order valence-corrected chi connectivity index (χ3v) is 5.40. The second kappa shape index (κ2) is 8.58. The molecule has 1 aliphatic heterocycles. The number of rotatable bonds is 6. The maximum atomic E-state index is 13.4. The zero-order valence-corrected chi connectivity index (χ0v) is 18.4. The summed E-state index contributed by atoms with van der Waals surface area (Å²) in [4.78, 5) is 40.4. The predicted molar refractivity (Wildman–Crippen MR) is 128 cm³/mol. The Kier molecular flexibility index (Phi) is 5.66. The molecule has 0 bridgehead atoms. The van der Waals surface area contributed by atoms with Gasteiger partial charge in [0.1, 0.15) is 5.70 Å². The van der Waals surface area contributed by atoms with Crippen LogP contribution in [0.15, 0.2) is 78.5 Å². The van der Waals surface area contributed by atoms with Crippen LogP contribution < -0.4 is 15.1 Å². The van der Waals surface area contributed by atoms with Crippen molar-refractivity contribution in [3.8, 4) is 0 Å². The fourth-order valence-electron chi connectivity index (χ4n) is 3.58. The molecular weight excluding hydrogens is 420 g/mol. The number of anilines is 3. The number of amides is 2. The number of nitrogens with zero attached hydrogens (tertiary/aromatic N) is 3. The number of hydrogen-bond acceptors (Lipinski definition) is 6. The molecule has 0 aromatic heterocycles. The van der Waals surface area contributed by atoms with Gasteiger partial charge >= 0.3 is 0 Å². The van der Waals surface area contributed by atoms with Crippen LogP contribution in [-0.2, 0) is 9.59 Å². The molecule has 166 valence electrons. The number of nitrogens with one attached hydrogen (secondary N) is 1. The first-order valence-electron chi connectivity index (χ1n) is 10.2. The minimum Gasteiger partial charge on any atom is -0.378 e. The average molecular weight is 442 g/mol. The van der Waals surface area contributed by atoms with Gasteiger partial charge in [0, 0.05) is 37.6 Å². The molecule has 0 saturated carbocycles. The highest BCUT2D eigenvalue weighted by molar-refractivity contribution is 6.46. The molecule has 8 nitrogen and oxygen atoms in total. The van der Waals surface area contributed by atoms with Crippen molar-refractivity contribution in [3.05, 3.63) is 99.7 Å². The van der Waals surface area contributed by atoms with Crippen LogP contribution in [0.1, 0.15) is 11.1 Å². The minimum atomic E-state index is -0.510. The van der Waals surface area contributed by atoms with Crippen molar-refractivity contribution in [1.82, 2.24) is 0 Å². The van der Waals surface area contributed by atoms with Crippen LogP contribution in [-0.4, -0.2) is 30.8 Å². The molecule has 3 aromatic carbocycles. The molecule has 0 saturated heterocycles. The van der Waals surface area contributed by atoms with Crippen molar-refractivity contribution >= 4 is 40.1 Å². The maximum absolute atomic E-state index is 13.4. The van der Waals surface area contributed by atoms with Gasteiger partial charge in [0.15, 0.2) is 0 Å². The van der Waals surface area contributed by atoms with Crippen molar-refractivity contribution in [1.29, 1.82) is 0 Å². The zero-order chi connectivity index (χ0) is 23.7. The van der Waals surface area contributed by atoms with Gasteiger partial charge in [0.2, 0.25) is 0 Å². The molecular formula is C25H22N4O4. The fourth-order valence-corrected chi connectivity index (χ4v) is 3.58. The quantitative estimate of drug-likeness (QED) is 0.346. The van der Waals surface area contributed by atoms with Crippen molar-refractivity contribution in [2.24, 2.45) is 0 Å². The second-order valence-electron chi connectivity index (χ2n) is 7.90. The summed E-state index contributed by atoms with van der Waals surface area (Å²) in [5, 5.41) is 14.1. The van der Waals surface area contributed by atoms with Crippen molar-refractivity contribution in [2.45, 2.75) is 6.92 Å². The van der Waals surface area contributed by atoms with Gasteiger partial charge in [-0.1, -0.05) is 17.7 Å². The van der Waals surface area contributed by atoms with E-state index in [1.54, 1.807) is 12.1 Å². The third kappa shape index (κ3) is 4.18. The largest absolute Gasteiger partial charge is 0.378 e. The van der Waals surface area contributed by atoms with E-state index in [4.69, 9.17) is 0 Å². The van der Waals surface area contributed by atoms with Gasteiger partial charge in [-0.05, 0) is 61.0 Å². The Morgan fingerprint density at radius 1 is 0.848 bits per heavy atom. The van der Waals surface area contributed by atoms with E-state index in [-0.39, 0.29) is 17.0 Å². The molecule has 8 heteroatoms. The normalized spacial score (nSPS) is 13.5. The van der Waals surface area contributed by atoms with E-state index in [1.165, 1.54) is 24.3 Å². The second-order valence-corrected chi connectivity index (χ2v) is 7.90. The number of non-ortho nitro benzene ring substituents is 1. The first kappa shape index (κ1) is 21.8. The van der Waals surface area contributed by atoms with Gasteiger partial charge in [-0.25, -0.2) is 4.90 Å². The number of nitro benzene ring substituents is 1. The summed E-state index contributed by atoms with van der Waals surface area (Å²) in [6.07, 6.45) is 0. The molecule has 2 amide bonds. The number of aryl methyl sites for hydroxylation is 1.